The summed E-state index contributed by atoms with van der Waals surface area (Å²) in [7, 11) is 1.29. The van der Waals surface area contributed by atoms with Crippen LogP contribution in [-0.2, 0) is 9.59 Å². The van der Waals surface area contributed by atoms with Crippen molar-refractivity contribution in [2.45, 2.75) is 31.0 Å². The number of nitrogens with one attached hydrogen (secondary N) is 2. The molecule has 0 radical (unpaired) electrons. The fourth-order valence-electron chi connectivity index (χ4n) is 4.47. The number of benzene rings is 2. The zero-order chi connectivity index (χ0) is 22.5. The number of carbonyl (C=O) groups excluding carboxylic acids is 2. The van der Waals surface area contributed by atoms with Gasteiger partial charge in [0.2, 0.25) is 0 Å². The summed E-state index contributed by atoms with van der Waals surface area (Å²) in [5.74, 6) is -0.566. The van der Waals surface area contributed by atoms with Crippen molar-refractivity contribution >= 4 is 17.3 Å². The quantitative estimate of drug-likeness (QED) is 0.476. The van der Waals surface area contributed by atoms with Gasteiger partial charge < -0.3 is 15.4 Å². The number of para-hydroxylation sites is 1. The minimum Gasteiger partial charge on any atom is -0.489 e. The van der Waals surface area contributed by atoms with Crippen molar-refractivity contribution < 1.29 is 19.5 Å². The van der Waals surface area contributed by atoms with Crippen LogP contribution in [0.3, 0.4) is 0 Å². The van der Waals surface area contributed by atoms with Gasteiger partial charge >= 0.3 is 0 Å². The number of rotatable bonds is 6. The molecule has 0 bridgehead atoms. The molecule has 0 aromatic heterocycles. The normalized spacial score (nSPS) is 25.5. The fourth-order valence-corrected chi connectivity index (χ4v) is 4.47. The second-order valence-electron chi connectivity index (χ2n) is 8.31. The second-order valence-corrected chi connectivity index (χ2v) is 8.31. The van der Waals surface area contributed by atoms with Gasteiger partial charge in [-0.05, 0) is 36.1 Å². The Kier molecular flexibility index (Phi) is 6.99. The molecule has 2 aromatic carbocycles. The van der Waals surface area contributed by atoms with Gasteiger partial charge in [0.05, 0.1) is 18.0 Å². The molecule has 1 fully saturated rings. The minimum atomic E-state index is -0.715. The van der Waals surface area contributed by atoms with Crippen molar-refractivity contribution in [3.8, 4) is 5.75 Å². The zero-order valence-corrected chi connectivity index (χ0v) is 18.1. The lowest BCUT2D eigenvalue weighted by atomic mass is 9.81. The van der Waals surface area contributed by atoms with Crippen molar-refractivity contribution in [1.82, 2.24) is 15.7 Å². The molecule has 1 unspecified atom stereocenters. The Hall–Kier alpha value is -3.00. The third-order valence-electron chi connectivity index (χ3n) is 6.10. The molecule has 1 amide bonds. The van der Waals surface area contributed by atoms with Crippen LogP contribution in [0.5, 0.6) is 5.75 Å². The number of hydrogen-bond acceptors (Lipinski definition) is 6. The van der Waals surface area contributed by atoms with Crippen molar-refractivity contribution in [3.05, 3.63) is 72.3 Å². The van der Waals surface area contributed by atoms with Gasteiger partial charge in [0.25, 0.3) is 5.91 Å². The van der Waals surface area contributed by atoms with Crippen LogP contribution in [0, 0.1) is 5.92 Å². The van der Waals surface area contributed by atoms with Crippen molar-refractivity contribution in [2.24, 2.45) is 5.92 Å². The number of nitrogens with zero attached hydrogens (tertiary/aromatic N) is 1. The van der Waals surface area contributed by atoms with E-state index in [-0.39, 0.29) is 11.9 Å². The van der Waals surface area contributed by atoms with Crippen LogP contribution in [0.15, 0.2) is 66.7 Å². The second kappa shape index (κ2) is 10.1. The Labute approximate surface area is 188 Å². The zero-order valence-electron chi connectivity index (χ0n) is 18.1. The number of piperidine rings is 1. The average Bonchev–Trinajstić information content (AvgIpc) is 2.84. The number of ketones is 1. The Balaban J connectivity index is 1.48. The molecule has 168 valence electrons. The predicted octanol–water partition coefficient (Wildman–Crippen LogP) is 2.27. The topological polar surface area (TPSA) is 90.9 Å². The highest BCUT2D eigenvalue weighted by Crippen LogP contribution is 2.28. The third-order valence-corrected chi connectivity index (χ3v) is 6.10. The summed E-state index contributed by atoms with van der Waals surface area (Å²) >= 11 is 0. The molecule has 4 rings (SSSR count). The standard InChI is InChI=1S/C25H29N3O4/c1-28(31)25(30)21-15-20(32-19-10-6-3-7-11-19)16-27-23(21)24(29)22-14-18(12-13-26-22)17-8-4-2-5-9-17/h2-12,20-23,26-27,31H,13-16H2,1H3/t20-,21-,22?,23-/m0/s1. The monoisotopic (exact) mass is 435 g/mol. The molecule has 2 aliphatic heterocycles. The van der Waals surface area contributed by atoms with E-state index in [0.29, 0.717) is 36.7 Å². The average molecular weight is 436 g/mol. The Morgan fingerprint density at radius 3 is 2.41 bits per heavy atom. The summed E-state index contributed by atoms with van der Waals surface area (Å²) in [4.78, 5) is 26.3. The Morgan fingerprint density at radius 1 is 1.03 bits per heavy atom. The molecule has 2 heterocycles. The molecular formula is C25H29N3O4. The number of hydrogen-bond donors (Lipinski definition) is 3. The van der Waals surface area contributed by atoms with Gasteiger partial charge in [0, 0.05) is 20.1 Å². The minimum absolute atomic E-state index is 0.0649. The molecule has 7 nitrogen and oxygen atoms in total. The van der Waals surface area contributed by atoms with E-state index in [4.69, 9.17) is 4.74 Å². The van der Waals surface area contributed by atoms with E-state index in [2.05, 4.69) is 16.7 Å². The van der Waals surface area contributed by atoms with Crippen LogP contribution in [0.4, 0.5) is 0 Å². The van der Waals surface area contributed by atoms with Crippen molar-refractivity contribution in [3.63, 3.8) is 0 Å². The maximum atomic E-state index is 13.5. The number of carbonyl (C=O) groups is 2. The van der Waals surface area contributed by atoms with Gasteiger partial charge in [-0.3, -0.25) is 14.8 Å². The lowest BCUT2D eigenvalue weighted by Crippen LogP contribution is -2.60. The first-order valence-electron chi connectivity index (χ1n) is 11.0. The molecule has 2 aromatic rings. The van der Waals surface area contributed by atoms with Crippen LogP contribution >= 0.6 is 0 Å². The first-order chi connectivity index (χ1) is 15.5. The highest BCUT2D eigenvalue weighted by Gasteiger charge is 2.43. The molecule has 0 saturated carbocycles. The van der Waals surface area contributed by atoms with E-state index in [1.807, 2.05) is 60.7 Å². The number of ether oxygens (including phenoxy) is 1. The van der Waals surface area contributed by atoms with E-state index < -0.39 is 23.9 Å². The lowest BCUT2D eigenvalue weighted by Gasteiger charge is -2.38. The van der Waals surface area contributed by atoms with E-state index >= 15 is 0 Å². The van der Waals surface area contributed by atoms with Gasteiger partial charge in [0.1, 0.15) is 11.9 Å². The summed E-state index contributed by atoms with van der Waals surface area (Å²) in [5.41, 5.74) is 2.22. The smallest absolute Gasteiger partial charge is 0.250 e. The van der Waals surface area contributed by atoms with E-state index in [9.17, 15) is 14.8 Å². The highest BCUT2D eigenvalue weighted by atomic mass is 16.5. The van der Waals surface area contributed by atoms with E-state index in [0.717, 1.165) is 11.1 Å². The van der Waals surface area contributed by atoms with Crippen LogP contribution in [0.25, 0.3) is 5.57 Å². The number of hydroxylamine groups is 2. The predicted molar refractivity (Wildman–Crippen MR) is 121 cm³/mol. The number of Topliss-reactive ketones (excluding diaryl/α,β-unsaturated/α-hetero) is 1. The van der Waals surface area contributed by atoms with Crippen molar-refractivity contribution in [2.75, 3.05) is 20.1 Å². The molecule has 4 atom stereocenters. The van der Waals surface area contributed by atoms with Gasteiger partial charge in [0.15, 0.2) is 5.78 Å². The molecule has 1 saturated heterocycles. The van der Waals surface area contributed by atoms with Crippen LogP contribution in [0.1, 0.15) is 18.4 Å². The molecule has 2 aliphatic rings. The molecule has 0 spiro atoms. The Bertz CT molecular complexity index is 962. The van der Waals surface area contributed by atoms with E-state index in [1.165, 1.54) is 7.05 Å². The van der Waals surface area contributed by atoms with E-state index in [1.54, 1.807) is 0 Å². The van der Waals surface area contributed by atoms with Crippen molar-refractivity contribution in [1.29, 1.82) is 0 Å². The maximum Gasteiger partial charge on any atom is 0.250 e. The molecule has 3 N–H and O–H groups in total. The first kappa shape index (κ1) is 22.2. The maximum absolute atomic E-state index is 13.5. The number of amides is 1. The largest absolute Gasteiger partial charge is 0.489 e. The summed E-state index contributed by atoms with van der Waals surface area (Å²) in [5, 5.41) is 16.9. The van der Waals surface area contributed by atoms with Crippen LogP contribution in [-0.4, -0.2) is 60.3 Å². The molecular weight excluding hydrogens is 406 g/mol. The molecule has 32 heavy (non-hydrogen) atoms. The molecule has 7 heteroatoms. The summed E-state index contributed by atoms with van der Waals surface area (Å²) < 4.78 is 6.01. The summed E-state index contributed by atoms with van der Waals surface area (Å²) in [6.45, 7) is 1.03. The third kappa shape index (κ3) is 5.07. The summed E-state index contributed by atoms with van der Waals surface area (Å²) in [6, 6.07) is 18.3. The Morgan fingerprint density at radius 2 is 1.72 bits per heavy atom. The van der Waals surface area contributed by atoms with Gasteiger partial charge in [-0.2, -0.15) is 0 Å². The van der Waals surface area contributed by atoms with Gasteiger partial charge in [-0.15, -0.1) is 0 Å². The SMILES string of the molecule is CN(O)C(=O)[C@H]1C[C@H](Oc2ccccc2)CN[C@@H]1C(=O)C1CC(c2ccccc2)=CCN1. The highest BCUT2D eigenvalue weighted by molar-refractivity contribution is 5.96. The van der Waals surface area contributed by atoms with Gasteiger partial charge in [-0.1, -0.05) is 54.6 Å². The van der Waals surface area contributed by atoms with Crippen LogP contribution < -0.4 is 15.4 Å². The van der Waals surface area contributed by atoms with Gasteiger partial charge in [-0.25, -0.2) is 5.06 Å². The summed E-state index contributed by atoms with van der Waals surface area (Å²) in [6.07, 6.45) is 2.72. The van der Waals surface area contributed by atoms with Crippen LogP contribution in [0.2, 0.25) is 0 Å². The molecule has 0 aliphatic carbocycles. The lowest BCUT2D eigenvalue weighted by molar-refractivity contribution is -0.168. The first-order valence-corrected chi connectivity index (χ1v) is 11.0. The fraction of sp³-hybridized carbons (Fsp3) is 0.360.